The summed E-state index contributed by atoms with van der Waals surface area (Å²) in [6, 6.07) is 10.1. The first kappa shape index (κ1) is 15.9. The van der Waals surface area contributed by atoms with Gasteiger partial charge in [0.25, 0.3) is 15.7 Å². The first-order valence-electron chi connectivity index (χ1n) is 6.95. The van der Waals surface area contributed by atoms with Gasteiger partial charge in [-0.3, -0.25) is 14.4 Å². The molecule has 0 N–H and O–H groups in total. The van der Waals surface area contributed by atoms with E-state index in [4.69, 9.17) is 0 Å². The Hall–Kier alpha value is -2.94. The molecule has 0 saturated carbocycles. The van der Waals surface area contributed by atoms with Gasteiger partial charge in [-0.05, 0) is 24.3 Å². The molecule has 1 aromatic heterocycles. The van der Waals surface area contributed by atoms with E-state index in [1.54, 1.807) is 24.5 Å². The number of nitrogens with zero attached hydrogens (tertiary/aromatic N) is 4. The Labute approximate surface area is 138 Å². The molecule has 124 valence electrons. The van der Waals surface area contributed by atoms with Gasteiger partial charge in [-0.15, -0.1) is 0 Å². The molecule has 8 nitrogen and oxygen atoms in total. The van der Waals surface area contributed by atoms with Gasteiger partial charge in [-0.2, -0.15) is 0 Å². The number of nitro benzene ring substituents is 1. The van der Waals surface area contributed by atoms with Crippen LogP contribution in [0.4, 0.5) is 11.4 Å². The van der Waals surface area contributed by atoms with E-state index >= 15 is 0 Å². The molecule has 0 amide bonds. The molecule has 0 spiro atoms. The first-order valence-corrected chi connectivity index (χ1v) is 8.39. The topological polar surface area (TPSA) is 98.3 Å². The fraction of sp³-hybridized carbons (Fsp3) is 0.133. The van der Waals surface area contributed by atoms with Crippen LogP contribution in [0.5, 0.6) is 0 Å². The molecule has 3 rings (SSSR count). The zero-order chi connectivity index (χ0) is 17.5. The average Bonchev–Trinajstić information content (AvgIpc) is 2.94. The van der Waals surface area contributed by atoms with Crippen LogP contribution in [0.15, 0.2) is 53.7 Å². The van der Waals surface area contributed by atoms with E-state index in [1.807, 2.05) is 11.6 Å². The Kier molecular flexibility index (Phi) is 3.72. The quantitative estimate of drug-likeness (QED) is 0.533. The van der Waals surface area contributed by atoms with Gasteiger partial charge in [0, 0.05) is 26.2 Å². The van der Waals surface area contributed by atoms with Crippen LogP contribution in [0.25, 0.3) is 11.0 Å². The van der Waals surface area contributed by atoms with Crippen molar-refractivity contribution in [2.45, 2.75) is 4.90 Å². The van der Waals surface area contributed by atoms with Crippen LogP contribution in [0.2, 0.25) is 0 Å². The number of nitro groups is 1. The van der Waals surface area contributed by atoms with E-state index in [9.17, 15) is 18.5 Å². The standard InChI is InChI=1S/C15H14N4O4S/c1-17-10-16-14-9-11(6-7-15(14)17)18(2)24(22,23)13-5-3-4-12(8-13)19(20)21/h3-10H,1-2H3. The second kappa shape index (κ2) is 5.60. The third-order valence-electron chi connectivity index (χ3n) is 3.76. The lowest BCUT2D eigenvalue weighted by atomic mass is 10.3. The van der Waals surface area contributed by atoms with Crippen LogP contribution in [-0.2, 0) is 17.1 Å². The molecule has 0 aliphatic rings. The van der Waals surface area contributed by atoms with Gasteiger partial charge in [0.15, 0.2) is 0 Å². The van der Waals surface area contributed by atoms with Gasteiger partial charge in [0.05, 0.1) is 32.9 Å². The number of hydrogen-bond donors (Lipinski definition) is 0. The second-order valence-electron chi connectivity index (χ2n) is 5.26. The van der Waals surface area contributed by atoms with Crippen LogP contribution in [0.3, 0.4) is 0 Å². The van der Waals surface area contributed by atoms with Gasteiger partial charge in [-0.1, -0.05) is 6.07 Å². The van der Waals surface area contributed by atoms with E-state index in [-0.39, 0.29) is 10.6 Å². The molecule has 0 bridgehead atoms. The fourth-order valence-corrected chi connectivity index (χ4v) is 3.60. The molecule has 0 fully saturated rings. The Morgan fingerprint density at radius 3 is 2.67 bits per heavy atom. The fourth-order valence-electron chi connectivity index (χ4n) is 2.37. The number of aryl methyl sites for hydroxylation is 1. The van der Waals surface area contributed by atoms with Crippen molar-refractivity contribution in [2.75, 3.05) is 11.4 Å². The van der Waals surface area contributed by atoms with Crippen molar-refractivity contribution in [3.05, 3.63) is 58.9 Å². The number of non-ortho nitro benzene ring substituents is 1. The average molecular weight is 346 g/mol. The number of benzene rings is 2. The summed E-state index contributed by atoms with van der Waals surface area (Å²) in [4.78, 5) is 14.3. The summed E-state index contributed by atoms with van der Waals surface area (Å²) in [5, 5.41) is 10.9. The van der Waals surface area contributed by atoms with Gasteiger partial charge in [0.2, 0.25) is 0 Å². The third-order valence-corrected chi connectivity index (χ3v) is 5.54. The minimum absolute atomic E-state index is 0.139. The zero-order valence-electron chi connectivity index (χ0n) is 12.9. The lowest BCUT2D eigenvalue weighted by molar-refractivity contribution is -0.385. The third kappa shape index (κ3) is 2.58. The van der Waals surface area contributed by atoms with E-state index in [0.717, 1.165) is 15.9 Å². The molecular weight excluding hydrogens is 332 g/mol. The first-order chi connectivity index (χ1) is 11.3. The van der Waals surface area contributed by atoms with Crippen molar-refractivity contribution in [2.24, 2.45) is 7.05 Å². The van der Waals surface area contributed by atoms with Crippen LogP contribution in [-0.4, -0.2) is 29.9 Å². The molecular formula is C15H14N4O4S. The highest BCUT2D eigenvalue weighted by molar-refractivity contribution is 7.92. The van der Waals surface area contributed by atoms with Gasteiger partial charge >= 0.3 is 0 Å². The summed E-state index contributed by atoms with van der Waals surface area (Å²) in [5.74, 6) is 0. The summed E-state index contributed by atoms with van der Waals surface area (Å²) in [7, 11) is -0.669. The van der Waals surface area contributed by atoms with E-state index < -0.39 is 14.9 Å². The van der Waals surface area contributed by atoms with Crippen LogP contribution in [0.1, 0.15) is 0 Å². The zero-order valence-corrected chi connectivity index (χ0v) is 13.8. The maximum Gasteiger partial charge on any atom is 0.270 e. The van der Waals surface area contributed by atoms with Crippen molar-refractivity contribution in [3.63, 3.8) is 0 Å². The number of anilines is 1. The number of imidazole rings is 1. The van der Waals surface area contributed by atoms with Crippen LogP contribution < -0.4 is 4.31 Å². The summed E-state index contributed by atoms with van der Waals surface area (Å²) < 4.78 is 28.4. The molecule has 0 aliphatic heterocycles. The Bertz CT molecular complexity index is 1040. The molecule has 0 unspecified atom stereocenters. The van der Waals surface area contributed by atoms with Crippen molar-refractivity contribution < 1.29 is 13.3 Å². The molecule has 24 heavy (non-hydrogen) atoms. The van der Waals surface area contributed by atoms with Crippen molar-refractivity contribution in [3.8, 4) is 0 Å². The van der Waals surface area contributed by atoms with Crippen molar-refractivity contribution >= 4 is 32.4 Å². The summed E-state index contributed by atoms with van der Waals surface area (Å²) in [6.07, 6.45) is 1.64. The Morgan fingerprint density at radius 2 is 1.96 bits per heavy atom. The van der Waals surface area contributed by atoms with E-state index in [2.05, 4.69) is 4.98 Å². The van der Waals surface area contributed by atoms with Gasteiger partial charge in [0.1, 0.15) is 0 Å². The predicted molar refractivity (Wildman–Crippen MR) is 89.4 cm³/mol. The molecule has 1 heterocycles. The predicted octanol–water partition coefficient (Wildman–Crippen LogP) is 2.31. The minimum atomic E-state index is -3.92. The largest absolute Gasteiger partial charge is 0.334 e. The molecule has 2 aromatic carbocycles. The summed E-state index contributed by atoms with van der Waals surface area (Å²) >= 11 is 0. The lowest BCUT2D eigenvalue weighted by Gasteiger charge is -2.19. The highest BCUT2D eigenvalue weighted by Gasteiger charge is 2.23. The number of rotatable bonds is 4. The van der Waals surface area contributed by atoms with Crippen LogP contribution >= 0.6 is 0 Å². The van der Waals surface area contributed by atoms with Crippen molar-refractivity contribution in [1.82, 2.24) is 9.55 Å². The SMILES string of the molecule is CN(c1ccc2c(c1)ncn2C)S(=O)(=O)c1cccc([N+](=O)[O-])c1. The van der Waals surface area contributed by atoms with Crippen LogP contribution in [0, 0.1) is 10.1 Å². The highest BCUT2D eigenvalue weighted by Crippen LogP contribution is 2.26. The number of hydrogen-bond acceptors (Lipinski definition) is 5. The monoisotopic (exact) mass is 346 g/mol. The number of fused-ring (bicyclic) bond motifs is 1. The Balaban J connectivity index is 2.04. The highest BCUT2D eigenvalue weighted by atomic mass is 32.2. The maximum atomic E-state index is 12.7. The molecule has 9 heteroatoms. The lowest BCUT2D eigenvalue weighted by Crippen LogP contribution is -2.26. The number of sulfonamides is 1. The Morgan fingerprint density at radius 1 is 1.21 bits per heavy atom. The number of aromatic nitrogens is 2. The van der Waals surface area contributed by atoms with E-state index in [1.165, 1.54) is 25.2 Å². The van der Waals surface area contributed by atoms with E-state index in [0.29, 0.717) is 11.2 Å². The second-order valence-corrected chi connectivity index (χ2v) is 7.22. The van der Waals surface area contributed by atoms with Gasteiger partial charge < -0.3 is 4.57 Å². The normalized spacial score (nSPS) is 11.6. The summed E-state index contributed by atoms with van der Waals surface area (Å²) in [5.41, 5.74) is 1.69. The van der Waals surface area contributed by atoms with Crippen molar-refractivity contribution in [1.29, 1.82) is 0 Å². The minimum Gasteiger partial charge on any atom is -0.334 e. The van der Waals surface area contributed by atoms with Gasteiger partial charge in [-0.25, -0.2) is 13.4 Å². The maximum absolute atomic E-state index is 12.7. The molecule has 0 aliphatic carbocycles. The smallest absolute Gasteiger partial charge is 0.270 e. The molecule has 0 saturated heterocycles. The summed E-state index contributed by atoms with van der Waals surface area (Å²) in [6.45, 7) is 0. The molecule has 3 aromatic rings. The molecule has 0 atom stereocenters. The molecule has 0 radical (unpaired) electrons.